The van der Waals surface area contributed by atoms with Crippen LogP contribution in [0.25, 0.3) is 0 Å². The minimum Gasteiger partial charge on any atom is -0.497 e. The van der Waals surface area contributed by atoms with E-state index < -0.39 is 0 Å². The van der Waals surface area contributed by atoms with Crippen LogP contribution in [0.5, 0.6) is 5.75 Å². The molecule has 5 nitrogen and oxygen atoms in total. The molecule has 2 aliphatic heterocycles. The normalized spacial score (nSPS) is 19.5. The number of hydrogen-bond acceptors (Lipinski definition) is 4. The van der Waals surface area contributed by atoms with Crippen molar-refractivity contribution in [1.82, 2.24) is 10.2 Å². The number of hydrogen-bond donors (Lipinski definition) is 1. The molecule has 1 N–H and O–H groups in total. The van der Waals surface area contributed by atoms with Crippen LogP contribution in [0.3, 0.4) is 0 Å². The molecule has 0 spiro atoms. The molecule has 2 atom stereocenters. The van der Waals surface area contributed by atoms with Crippen molar-refractivity contribution in [3.63, 3.8) is 0 Å². The lowest BCUT2D eigenvalue weighted by molar-refractivity contribution is -0.126. The van der Waals surface area contributed by atoms with E-state index in [0.29, 0.717) is 6.54 Å². The third kappa shape index (κ3) is 5.47. The fourth-order valence-corrected chi connectivity index (χ4v) is 5.49. The van der Waals surface area contributed by atoms with Gasteiger partial charge in [0.25, 0.3) is 0 Å². The lowest BCUT2D eigenvalue weighted by Crippen LogP contribution is -2.61. The molecule has 0 saturated carbocycles. The maximum Gasteiger partial charge on any atom is 0.225 e. The Kier molecular flexibility index (Phi) is 7.26. The van der Waals surface area contributed by atoms with E-state index in [1.165, 1.54) is 22.4 Å². The van der Waals surface area contributed by atoms with Crippen molar-refractivity contribution in [2.24, 2.45) is 5.92 Å². The van der Waals surface area contributed by atoms with Gasteiger partial charge in [-0.05, 0) is 59.9 Å². The lowest BCUT2D eigenvalue weighted by Gasteiger charge is -2.49. The number of ether oxygens (including phenoxy) is 1. The summed E-state index contributed by atoms with van der Waals surface area (Å²) in [4.78, 5) is 18.4. The number of anilines is 1. The van der Waals surface area contributed by atoms with E-state index in [1.54, 1.807) is 7.11 Å². The zero-order valence-corrected chi connectivity index (χ0v) is 20.9. The molecule has 2 heterocycles. The second kappa shape index (κ2) is 10.7. The number of nitrogens with zero attached hydrogens (tertiary/aromatic N) is 2. The number of nitrogens with one attached hydrogen (secondary N) is 1. The number of halogens is 1. The molecule has 0 bridgehead atoms. The van der Waals surface area contributed by atoms with Crippen LogP contribution in [-0.4, -0.2) is 50.1 Å². The highest BCUT2D eigenvalue weighted by molar-refractivity contribution is 6.30. The Morgan fingerprint density at radius 1 is 1.00 bits per heavy atom. The summed E-state index contributed by atoms with van der Waals surface area (Å²) in [6.07, 6.45) is 1.58. The maximum absolute atomic E-state index is 13.5. The van der Waals surface area contributed by atoms with Crippen molar-refractivity contribution in [3.05, 3.63) is 94.5 Å². The minimum atomic E-state index is -0.0752. The predicted octanol–water partition coefficient (Wildman–Crippen LogP) is 4.57. The highest BCUT2D eigenvalue weighted by Crippen LogP contribution is 2.36. The quantitative estimate of drug-likeness (QED) is 0.528. The summed E-state index contributed by atoms with van der Waals surface area (Å²) in [6, 6.07) is 24.8. The smallest absolute Gasteiger partial charge is 0.225 e. The first-order valence-corrected chi connectivity index (χ1v) is 12.7. The number of fused-ring (bicyclic) bond motifs is 3. The summed E-state index contributed by atoms with van der Waals surface area (Å²) < 4.78 is 5.24. The van der Waals surface area contributed by atoms with Gasteiger partial charge < -0.3 is 15.0 Å². The third-order valence-corrected chi connectivity index (χ3v) is 7.49. The van der Waals surface area contributed by atoms with Crippen molar-refractivity contribution in [1.29, 1.82) is 0 Å². The number of carbonyl (C=O) groups is 1. The molecule has 5 rings (SSSR count). The molecule has 1 fully saturated rings. The van der Waals surface area contributed by atoms with Gasteiger partial charge in [-0.15, -0.1) is 0 Å². The molecule has 6 heteroatoms. The van der Waals surface area contributed by atoms with Crippen LogP contribution in [-0.2, 0) is 24.2 Å². The van der Waals surface area contributed by atoms with E-state index in [1.807, 2.05) is 24.3 Å². The van der Waals surface area contributed by atoms with Crippen LogP contribution in [0.4, 0.5) is 5.69 Å². The van der Waals surface area contributed by atoms with Gasteiger partial charge in [0.05, 0.1) is 19.1 Å². The van der Waals surface area contributed by atoms with Gasteiger partial charge >= 0.3 is 0 Å². The van der Waals surface area contributed by atoms with E-state index in [9.17, 15) is 4.79 Å². The number of carbonyl (C=O) groups excluding carboxylic acids is 1. The van der Waals surface area contributed by atoms with Gasteiger partial charge in [-0.1, -0.05) is 54.1 Å². The molecule has 2 unspecified atom stereocenters. The Morgan fingerprint density at radius 2 is 1.74 bits per heavy atom. The zero-order chi connectivity index (χ0) is 24.2. The second-order valence-electron chi connectivity index (χ2n) is 9.45. The van der Waals surface area contributed by atoms with Crippen molar-refractivity contribution >= 4 is 23.2 Å². The summed E-state index contributed by atoms with van der Waals surface area (Å²) in [7, 11) is 1.67. The van der Waals surface area contributed by atoms with Crippen LogP contribution >= 0.6 is 11.6 Å². The minimum absolute atomic E-state index is 0.0752. The second-order valence-corrected chi connectivity index (χ2v) is 9.89. The maximum atomic E-state index is 13.5. The molecule has 2 aliphatic rings. The fourth-order valence-electron chi connectivity index (χ4n) is 5.36. The van der Waals surface area contributed by atoms with Crippen LogP contribution < -0.4 is 15.0 Å². The molecule has 0 aliphatic carbocycles. The zero-order valence-electron chi connectivity index (χ0n) is 20.1. The first kappa shape index (κ1) is 23.7. The largest absolute Gasteiger partial charge is 0.497 e. The van der Waals surface area contributed by atoms with Gasteiger partial charge in [0.2, 0.25) is 5.91 Å². The Labute approximate surface area is 212 Å². The first-order valence-electron chi connectivity index (χ1n) is 12.3. The molecule has 1 saturated heterocycles. The molecule has 3 aromatic rings. The van der Waals surface area contributed by atoms with Crippen LogP contribution in [0.2, 0.25) is 5.02 Å². The molecule has 3 aromatic carbocycles. The molecule has 182 valence electrons. The van der Waals surface area contributed by atoms with E-state index in [4.69, 9.17) is 16.3 Å². The van der Waals surface area contributed by atoms with E-state index in [-0.39, 0.29) is 17.9 Å². The fraction of sp³-hybridized carbons (Fsp3) is 0.345. The molecule has 0 aromatic heterocycles. The highest BCUT2D eigenvalue weighted by atomic mass is 35.5. The van der Waals surface area contributed by atoms with Crippen molar-refractivity contribution < 1.29 is 9.53 Å². The van der Waals surface area contributed by atoms with Crippen LogP contribution in [0, 0.1) is 5.92 Å². The predicted molar refractivity (Wildman–Crippen MR) is 141 cm³/mol. The molecule has 1 amide bonds. The summed E-state index contributed by atoms with van der Waals surface area (Å²) in [5, 5.41) is 3.99. The average molecular weight is 490 g/mol. The van der Waals surface area contributed by atoms with Gasteiger partial charge in [0.1, 0.15) is 5.75 Å². The summed E-state index contributed by atoms with van der Waals surface area (Å²) in [6.45, 7) is 4.26. The number of piperazine rings is 1. The van der Waals surface area contributed by atoms with E-state index in [2.05, 4.69) is 63.6 Å². The Hall–Kier alpha value is -3.02. The van der Waals surface area contributed by atoms with Crippen molar-refractivity contribution in [2.75, 3.05) is 38.2 Å². The Bertz CT molecular complexity index is 1150. The average Bonchev–Trinajstić information content (AvgIpc) is 2.89. The highest BCUT2D eigenvalue weighted by Gasteiger charge is 2.41. The van der Waals surface area contributed by atoms with Gasteiger partial charge in [-0.2, -0.15) is 0 Å². The van der Waals surface area contributed by atoms with Crippen LogP contribution in [0.15, 0.2) is 72.8 Å². The van der Waals surface area contributed by atoms with Gasteiger partial charge in [-0.25, -0.2) is 0 Å². The van der Waals surface area contributed by atoms with Gasteiger partial charge in [0.15, 0.2) is 0 Å². The number of para-hydroxylation sites is 1. The lowest BCUT2D eigenvalue weighted by atomic mass is 9.83. The number of rotatable bonds is 7. The Balaban J connectivity index is 1.27. The monoisotopic (exact) mass is 489 g/mol. The number of benzene rings is 3. The van der Waals surface area contributed by atoms with Gasteiger partial charge in [0, 0.05) is 43.4 Å². The van der Waals surface area contributed by atoms with E-state index in [0.717, 1.165) is 49.8 Å². The number of amides is 1. The van der Waals surface area contributed by atoms with Crippen molar-refractivity contribution in [3.8, 4) is 5.75 Å². The van der Waals surface area contributed by atoms with Crippen LogP contribution in [0.1, 0.15) is 16.7 Å². The third-order valence-electron chi connectivity index (χ3n) is 7.24. The summed E-state index contributed by atoms with van der Waals surface area (Å²) >= 11 is 6.07. The Morgan fingerprint density at radius 3 is 2.51 bits per heavy atom. The topological polar surface area (TPSA) is 44.8 Å². The molecule has 35 heavy (non-hydrogen) atoms. The molecule has 0 radical (unpaired) electrons. The van der Waals surface area contributed by atoms with Crippen molar-refractivity contribution in [2.45, 2.75) is 25.4 Å². The van der Waals surface area contributed by atoms with E-state index >= 15 is 0 Å². The molecular formula is C29H32ClN3O2. The number of methoxy groups -OCH3 is 1. The first-order chi connectivity index (χ1) is 17.1. The SMILES string of the molecule is COc1ccc(CCNC(=O)C2Cc3ccccc3N3CCN(Cc4ccc(Cl)cc4)CC23)cc1. The molecular weight excluding hydrogens is 458 g/mol. The summed E-state index contributed by atoms with van der Waals surface area (Å²) in [5.74, 6) is 0.921. The summed E-state index contributed by atoms with van der Waals surface area (Å²) in [5.41, 5.74) is 4.99. The van der Waals surface area contributed by atoms with Gasteiger partial charge in [-0.3, -0.25) is 9.69 Å². The standard InChI is InChI=1S/C29H32ClN3O2/c1-35-25-12-8-21(9-13-25)14-15-31-29(34)26-18-23-4-2-3-5-27(23)33-17-16-32(20-28(26)33)19-22-6-10-24(30)11-7-22/h2-13,26,28H,14-20H2,1H3,(H,31,34).